The van der Waals surface area contributed by atoms with Gasteiger partial charge in [-0.15, -0.1) is 0 Å². The molecule has 0 aliphatic heterocycles. The molecule has 0 radical (unpaired) electrons. The Balaban J connectivity index is 2.52. The van der Waals surface area contributed by atoms with Gasteiger partial charge in [0.2, 0.25) is 11.7 Å². The van der Waals surface area contributed by atoms with Crippen LogP contribution in [-0.2, 0) is 11.2 Å². The van der Waals surface area contributed by atoms with Gasteiger partial charge in [0.1, 0.15) is 5.82 Å². The number of methoxy groups -OCH3 is 1. The van der Waals surface area contributed by atoms with Gasteiger partial charge in [-0.25, -0.2) is 14.2 Å². The summed E-state index contributed by atoms with van der Waals surface area (Å²) in [6.45, 7) is 3.80. The summed E-state index contributed by atoms with van der Waals surface area (Å²) in [4.78, 5) is 16.0. The number of carbonyl (C=O) groups excluding carboxylic acids is 1. The number of halogens is 1. The van der Waals surface area contributed by atoms with Gasteiger partial charge in [0.05, 0.1) is 12.8 Å². The molecule has 0 aliphatic carbocycles. The first-order chi connectivity index (χ1) is 9.56. The van der Waals surface area contributed by atoms with Gasteiger partial charge in [0.15, 0.2) is 0 Å². The summed E-state index contributed by atoms with van der Waals surface area (Å²) in [5, 5.41) is 0. The number of hydrogen-bond donors (Lipinski definition) is 0. The normalized spacial score (nSPS) is 10.6. The van der Waals surface area contributed by atoms with E-state index in [0.717, 1.165) is 12.0 Å². The summed E-state index contributed by atoms with van der Waals surface area (Å²) in [5.74, 6) is -0.611. The Hall–Kier alpha value is -2.17. The number of aryl methyl sites for hydroxylation is 2. The summed E-state index contributed by atoms with van der Waals surface area (Å²) in [7, 11) is 1.29. The lowest BCUT2D eigenvalue weighted by Crippen LogP contribution is -2.03. The number of benzene rings is 1. The van der Waals surface area contributed by atoms with E-state index in [1.807, 2.05) is 13.8 Å². The summed E-state index contributed by atoms with van der Waals surface area (Å²) < 4.78 is 23.5. The standard InChI is InChI=1S/C15H16FNO3/c1-4-5-12-13(15(18)19-3)20-14(17-12)11-8-10(16)7-6-9(11)2/h6-8H,4-5H2,1-3H3. The van der Waals surface area contributed by atoms with Crippen molar-refractivity contribution in [1.29, 1.82) is 0 Å². The molecular weight excluding hydrogens is 261 g/mol. The highest BCUT2D eigenvalue weighted by Gasteiger charge is 2.21. The molecule has 5 heteroatoms. The fourth-order valence-corrected chi connectivity index (χ4v) is 1.95. The van der Waals surface area contributed by atoms with Crippen LogP contribution in [0.2, 0.25) is 0 Å². The molecule has 0 aliphatic rings. The third kappa shape index (κ3) is 2.71. The predicted molar refractivity (Wildman–Crippen MR) is 72.0 cm³/mol. The lowest BCUT2D eigenvalue weighted by Gasteiger charge is -2.00. The molecule has 1 aromatic carbocycles. The Bertz CT molecular complexity index is 634. The molecule has 0 spiro atoms. The van der Waals surface area contributed by atoms with E-state index in [9.17, 15) is 9.18 Å². The largest absolute Gasteiger partial charge is 0.463 e. The molecule has 0 amide bonds. The van der Waals surface area contributed by atoms with Crippen molar-refractivity contribution in [2.45, 2.75) is 26.7 Å². The van der Waals surface area contributed by atoms with Crippen LogP contribution < -0.4 is 0 Å². The lowest BCUT2D eigenvalue weighted by molar-refractivity contribution is 0.0564. The zero-order chi connectivity index (χ0) is 14.7. The maximum Gasteiger partial charge on any atom is 0.376 e. The van der Waals surface area contributed by atoms with Crippen LogP contribution in [0.1, 0.15) is 35.2 Å². The molecule has 2 aromatic rings. The van der Waals surface area contributed by atoms with Crippen LogP contribution in [0.4, 0.5) is 4.39 Å². The number of nitrogens with zero attached hydrogens (tertiary/aromatic N) is 1. The van der Waals surface area contributed by atoms with E-state index in [4.69, 9.17) is 4.42 Å². The van der Waals surface area contributed by atoms with Crippen LogP contribution in [0.3, 0.4) is 0 Å². The number of aromatic nitrogens is 1. The monoisotopic (exact) mass is 277 g/mol. The Kier molecular flexibility index (Phi) is 4.17. The molecule has 2 rings (SSSR count). The minimum Gasteiger partial charge on any atom is -0.463 e. The van der Waals surface area contributed by atoms with Crippen LogP contribution in [-0.4, -0.2) is 18.1 Å². The van der Waals surface area contributed by atoms with E-state index >= 15 is 0 Å². The topological polar surface area (TPSA) is 52.3 Å². The maximum atomic E-state index is 13.4. The molecule has 1 heterocycles. The van der Waals surface area contributed by atoms with Gasteiger partial charge in [0, 0.05) is 5.56 Å². The fraction of sp³-hybridized carbons (Fsp3) is 0.333. The summed E-state index contributed by atoms with van der Waals surface area (Å²) in [6.07, 6.45) is 1.42. The smallest absolute Gasteiger partial charge is 0.376 e. The fourth-order valence-electron chi connectivity index (χ4n) is 1.95. The van der Waals surface area contributed by atoms with E-state index < -0.39 is 5.97 Å². The van der Waals surface area contributed by atoms with Crippen molar-refractivity contribution in [3.63, 3.8) is 0 Å². The maximum absolute atomic E-state index is 13.4. The molecule has 0 bridgehead atoms. The highest BCUT2D eigenvalue weighted by Crippen LogP contribution is 2.27. The number of hydrogen-bond acceptors (Lipinski definition) is 4. The molecule has 4 nitrogen and oxygen atoms in total. The van der Waals surface area contributed by atoms with Gasteiger partial charge >= 0.3 is 5.97 Å². The zero-order valence-electron chi connectivity index (χ0n) is 11.7. The Morgan fingerprint density at radius 3 is 2.85 bits per heavy atom. The molecule has 1 aromatic heterocycles. The second-order valence-corrected chi connectivity index (χ2v) is 4.50. The first-order valence-corrected chi connectivity index (χ1v) is 6.41. The highest BCUT2D eigenvalue weighted by atomic mass is 19.1. The third-order valence-corrected chi connectivity index (χ3v) is 2.98. The van der Waals surface area contributed by atoms with Crippen molar-refractivity contribution in [3.05, 3.63) is 41.0 Å². The molecule has 0 saturated carbocycles. The number of carbonyl (C=O) groups is 1. The van der Waals surface area contributed by atoms with Crippen molar-refractivity contribution in [2.75, 3.05) is 7.11 Å². The second kappa shape index (κ2) is 5.86. The minimum atomic E-state index is -0.568. The number of oxazole rings is 1. The van der Waals surface area contributed by atoms with Gasteiger partial charge in [-0.2, -0.15) is 0 Å². The lowest BCUT2D eigenvalue weighted by atomic mass is 10.1. The average Bonchev–Trinajstić information content (AvgIpc) is 2.85. The van der Waals surface area contributed by atoms with Crippen LogP contribution >= 0.6 is 0 Å². The average molecular weight is 277 g/mol. The summed E-state index contributed by atoms with van der Waals surface area (Å²) >= 11 is 0. The summed E-state index contributed by atoms with van der Waals surface area (Å²) in [6, 6.07) is 4.36. The summed E-state index contributed by atoms with van der Waals surface area (Å²) in [5.41, 5.74) is 1.91. The van der Waals surface area contributed by atoms with Crippen LogP contribution in [0, 0.1) is 12.7 Å². The molecular formula is C15H16FNO3. The van der Waals surface area contributed by atoms with Gasteiger partial charge in [-0.05, 0) is 31.0 Å². The molecule has 0 unspecified atom stereocenters. The Morgan fingerprint density at radius 2 is 2.20 bits per heavy atom. The van der Waals surface area contributed by atoms with E-state index in [1.54, 1.807) is 6.07 Å². The van der Waals surface area contributed by atoms with Crippen LogP contribution in [0.25, 0.3) is 11.5 Å². The molecule has 0 N–H and O–H groups in total. The van der Waals surface area contributed by atoms with Gasteiger partial charge in [-0.1, -0.05) is 19.4 Å². The second-order valence-electron chi connectivity index (χ2n) is 4.50. The van der Waals surface area contributed by atoms with Crippen molar-refractivity contribution >= 4 is 5.97 Å². The van der Waals surface area contributed by atoms with Crippen molar-refractivity contribution in [2.24, 2.45) is 0 Å². The van der Waals surface area contributed by atoms with Crippen LogP contribution in [0.5, 0.6) is 0 Å². The van der Waals surface area contributed by atoms with Crippen molar-refractivity contribution in [1.82, 2.24) is 4.98 Å². The van der Waals surface area contributed by atoms with Crippen molar-refractivity contribution < 1.29 is 18.3 Å². The predicted octanol–water partition coefficient (Wildman–Crippen LogP) is 3.53. The van der Waals surface area contributed by atoms with Gasteiger partial charge in [-0.3, -0.25) is 0 Å². The Labute approximate surface area is 116 Å². The van der Waals surface area contributed by atoms with Gasteiger partial charge in [0.25, 0.3) is 0 Å². The minimum absolute atomic E-state index is 0.0908. The number of ether oxygens (including phenoxy) is 1. The molecule has 0 atom stereocenters. The number of rotatable bonds is 4. The van der Waals surface area contributed by atoms with E-state index in [0.29, 0.717) is 17.7 Å². The van der Waals surface area contributed by atoms with E-state index in [-0.39, 0.29) is 17.5 Å². The molecule has 0 saturated heterocycles. The zero-order valence-corrected chi connectivity index (χ0v) is 11.7. The molecule has 20 heavy (non-hydrogen) atoms. The SMILES string of the molecule is CCCc1nc(-c2cc(F)ccc2C)oc1C(=O)OC. The molecule has 106 valence electrons. The Morgan fingerprint density at radius 1 is 1.45 bits per heavy atom. The van der Waals surface area contributed by atoms with E-state index in [1.165, 1.54) is 19.2 Å². The first-order valence-electron chi connectivity index (χ1n) is 6.41. The number of esters is 1. The van der Waals surface area contributed by atoms with Crippen molar-refractivity contribution in [3.8, 4) is 11.5 Å². The third-order valence-electron chi connectivity index (χ3n) is 2.98. The van der Waals surface area contributed by atoms with Crippen LogP contribution in [0.15, 0.2) is 22.6 Å². The highest BCUT2D eigenvalue weighted by molar-refractivity contribution is 5.88. The first kappa shape index (κ1) is 14.2. The van der Waals surface area contributed by atoms with E-state index in [2.05, 4.69) is 9.72 Å². The van der Waals surface area contributed by atoms with Gasteiger partial charge < -0.3 is 9.15 Å². The molecule has 0 fully saturated rings. The quantitative estimate of drug-likeness (QED) is 0.802.